The van der Waals surface area contributed by atoms with Crippen LogP contribution in [-0.4, -0.2) is 37.9 Å². The Balaban J connectivity index is 4.27. The van der Waals surface area contributed by atoms with Gasteiger partial charge in [0.2, 0.25) is 0 Å². The Bertz CT molecular complexity index is 1070. The maximum Gasteiger partial charge on any atom is 0.306 e. The van der Waals surface area contributed by atoms with Gasteiger partial charge in [-0.25, -0.2) is 0 Å². The minimum Gasteiger partial charge on any atom is -0.462 e. The zero-order valence-electron chi connectivity index (χ0n) is 41.4. The molecule has 0 saturated heterocycles. The van der Waals surface area contributed by atoms with E-state index in [1.54, 1.807) is 0 Å². The van der Waals surface area contributed by atoms with Crippen LogP contribution in [0, 0.1) is 0 Å². The van der Waals surface area contributed by atoms with Gasteiger partial charge in [0.1, 0.15) is 6.61 Å². The van der Waals surface area contributed by atoms with Gasteiger partial charge in [-0.2, -0.15) is 0 Å². The third-order valence-electron chi connectivity index (χ3n) is 11.5. The summed E-state index contributed by atoms with van der Waals surface area (Å²) in [5, 5.41) is 0. The Labute approximate surface area is 385 Å². The number of hydrogen-bond donors (Lipinski definition) is 0. The first kappa shape index (κ1) is 59.6. The lowest BCUT2D eigenvalue weighted by atomic mass is 10.0. The Kier molecular flexibility index (Phi) is 50.9. The number of ether oxygens (including phenoxy) is 3. The monoisotopic (exact) mass is 867 g/mol. The number of carbonyl (C=O) groups excluding carboxylic acids is 2. The molecular weight excluding hydrogens is 765 g/mol. The van der Waals surface area contributed by atoms with Crippen LogP contribution in [0.1, 0.15) is 265 Å². The lowest BCUT2D eigenvalue weighted by Gasteiger charge is -2.18. The predicted octanol–water partition coefficient (Wildman–Crippen LogP) is 18.1. The summed E-state index contributed by atoms with van der Waals surface area (Å²) >= 11 is 0. The van der Waals surface area contributed by atoms with Gasteiger partial charge in [0.05, 0.1) is 6.61 Å². The number of rotatable bonds is 49. The Morgan fingerprint density at radius 3 is 1.19 bits per heavy atom. The minimum absolute atomic E-state index is 0.0670. The molecule has 0 amide bonds. The van der Waals surface area contributed by atoms with E-state index in [0.29, 0.717) is 19.4 Å². The van der Waals surface area contributed by atoms with Crippen LogP contribution < -0.4 is 0 Å². The lowest BCUT2D eigenvalue weighted by Crippen LogP contribution is -2.30. The minimum atomic E-state index is -0.551. The maximum absolute atomic E-state index is 12.8. The summed E-state index contributed by atoms with van der Waals surface area (Å²) in [5.74, 6) is -0.436. The molecule has 0 rings (SSSR count). The summed E-state index contributed by atoms with van der Waals surface area (Å²) < 4.78 is 17.4. The molecule has 0 aliphatic carbocycles. The predicted molar refractivity (Wildman–Crippen MR) is 270 cm³/mol. The van der Waals surface area contributed by atoms with Gasteiger partial charge in [-0.1, -0.05) is 229 Å². The molecule has 0 heterocycles. The van der Waals surface area contributed by atoms with Crippen LogP contribution in [0.2, 0.25) is 0 Å². The third-order valence-corrected chi connectivity index (χ3v) is 11.5. The molecule has 0 spiro atoms. The Morgan fingerprint density at radius 1 is 0.355 bits per heavy atom. The molecular formula is C57H102O5. The summed E-state index contributed by atoms with van der Waals surface area (Å²) in [5.41, 5.74) is 0. The molecule has 62 heavy (non-hydrogen) atoms. The van der Waals surface area contributed by atoms with E-state index in [2.05, 4.69) is 81.5 Å². The normalized spacial score (nSPS) is 12.6. The van der Waals surface area contributed by atoms with Crippen LogP contribution in [0.5, 0.6) is 0 Å². The van der Waals surface area contributed by atoms with E-state index < -0.39 is 6.10 Å². The number of allylic oxidation sites excluding steroid dienone is 10. The first-order valence-electron chi connectivity index (χ1n) is 26.8. The molecule has 1 atom stereocenters. The molecule has 0 aromatic carbocycles. The molecule has 0 fully saturated rings. The highest BCUT2D eigenvalue weighted by Crippen LogP contribution is 2.15. The fraction of sp³-hybridized carbons (Fsp3) is 0.789. The van der Waals surface area contributed by atoms with E-state index in [1.165, 1.54) is 148 Å². The van der Waals surface area contributed by atoms with Crippen molar-refractivity contribution >= 4 is 11.9 Å². The van der Waals surface area contributed by atoms with Gasteiger partial charge < -0.3 is 14.2 Å². The Hall–Kier alpha value is -2.40. The van der Waals surface area contributed by atoms with E-state index in [1.807, 2.05) is 0 Å². The van der Waals surface area contributed by atoms with E-state index in [0.717, 1.165) is 83.5 Å². The smallest absolute Gasteiger partial charge is 0.306 e. The van der Waals surface area contributed by atoms with Gasteiger partial charge in [0, 0.05) is 19.4 Å². The Morgan fingerprint density at radius 2 is 0.694 bits per heavy atom. The summed E-state index contributed by atoms with van der Waals surface area (Å²) in [7, 11) is 0. The molecule has 0 unspecified atom stereocenters. The summed E-state index contributed by atoms with van der Waals surface area (Å²) in [6.45, 7) is 7.75. The van der Waals surface area contributed by atoms with Gasteiger partial charge in [0.15, 0.2) is 6.10 Å². The van der Waals surface area contributed by atoms with Crippen molar-refractivity contribution in [2.45, 2.75) is 271 Å². The van der Waals surface area contributed by atoms with Crippen molar-refractivity contribution in [3.8, 4) is 0 Å². The number of unbranched alkanes of at least 4 members (excludes halogenated alkanes) is 28. The van der Waals surface area contributed by atoms with E-state index in [4.69, 9.17) is 14.2 Å². The van der Waals surface area contributed by atoms with E-state index in [9.17, 15) is 9.59 Å². The second-order valence-corrected chi connectivity index (χ2v) is 17.8. The molecule has 0 aromatic heterocycles. The first-order valence-corrected chi connectivity index (χ1v) is 26.8. The van der Waals surface area contributed by atoms with Crippen LogP contribution in [-0.2, 0) is 23.8 Å². The molecule has 0 aliphatic rings. The van der Waals surface area contributed by atoms with E-state index in [-0.39, 0.29) is 25.2 Å². The highest BCUT2D eigenvalue weighted by Gasteiger charge is 2.17. The lowest BCUT2D eigenvalue weighted by molar-refractivity contribution is -0.163. The second-order valence-electron chi connectivity index (χ2n) is 17.8. The summed E-state index contributed by atoms with van der Waals surface area (Å²) in [6, 6.07) is 0. The quantitative estimate of drug-likeness (QED) is 0.0346. The van der Waals surface area contributed by atoms with Crippen molar-refractivity contribution in [2.24, 2.45) is 0 Å². The maximum atomic E-state index is 12.8. The fourth-order valence-electron chi connectivity index (χ4n) is 7.47. The zero-order chi connectivity index (χ0) is 44.9. The molecule has 0 saturated carbocycles. The molecule has 0 N–H and O–H groups in total. The number of carbonyl (C=O) groups is 2. The van der Waals surface area contributed by atoms with Crippen molar-refractivity contribution in [2.75, 3.05) is 19.8 Å². The molecule has 5 nitrogen and oxygen atoms in total. The SMILES string of the molecule is CCCC/C=C\CCCCCCCC(=O)O[C@H](COCCCCCCCCCCCCCCCCCC)COC(=O)CCCCC/C=C\C/C=C\C/C=C\C/C=C\CCCCC. The largest absolute Gasteiger partial charge is 0.462 e. The average molecular weight is 867 g/mol. The third kappa shape index (κ3) is 50.2. The van der Waals surface area contributed by atoms with Crippen LogP contribution in [0.3, 0.4) is 0 Å². The van der Waals surface area contributed by atoms with Gasteiger partial charge in [0.25, 0.3) is 0 Å². The zero-order valence-corrected chi connectivity index (χ0v) is 41.4. The van der Waals surface area contributed by atoms with Crippen molar-refractivity contribution in [1.29, 1.82) is 0 Å². The fourth-order valence-corrected chi connectivity index (χ4v) is 7.47. The number of hydrogen-bond acceptors (Lipinski definition) is 5. The molecule has 0 bridgehead atoms. The van der Waals surface area contributed by atoms with E-state index >= 15 is 0 Å². The molecule has 360 valence electrons. The van der Waals surface area contributed by atoms with Gasteiger partial charge in [-0.15, -0.1) is 0 Å². The molecule has 0 radical (unpaired) electrons. The topological polar surface area (TPSA) is 61.8 Å². The van der Waals surface area contributed by atoms with Crippen molar-refractivity contribution in [3.05, 3.63) is 60.8 Å². The van der Waals surface area contributed by atoms with Gasteiger partial charge >= 0.3 is 11.9 Å². The van der Waals surface area contributed by atoms with Crippen LogP contribution >= 0.6 is 0 Å². The van der Waals surface area contributed by atoms with Crippen LogP contribution in [0.25, 0.3) is 0 Å². The molecule has 0 aromatic rings. The van der Waals surface area contributed by atoms with Crippen molar-refractivity contribution in [3.63, 3.8) is 0 Å². The average Bonchev–Trinajstić information content (AvgIpc) is 3.27. The van der Waals surface area contributed by atoms with Gasteiger partial charge in [-0.05, 0) is 83.5 Å². The summed E-state index contributed by atoms with van der Waals surface area (Å²) in [4.78, 5) is 25.4. The first-order chi connectivity index (χ1) is 30.6. The van der Waals surface area contributed by atoms with Crippen LogP contribution in [0.15, 0.2) is 60.8 Å². The second kappa shape index (κ2) is 52.9. The highest BCUT2D eigenvalue weighted by atomic mass is 16.6. The number of esters is 2. The molecule has 0 aliphatic heterocycles. The van der Waals surface area contributed by atoms with Gasteiger partial charge in [-0.3, -0.25) is 9.59 Å². The van der Waals surface area contributed by atoms with Crippen LogP contribution in [0.4, 0.5) is 0 Å². The van der Waals surface area contributed by atoms with Crippen molar-refractivity contribution < 1.29 is 23.8 Å². The highest BCUT2D eigenvalue weighted by molar-refractivity contribution is 5.70. The standard InChI is InChI=1S/C57H102O5/c1-4-7-10-13-16-19-22-24-26-28-29-30-31-33-36-38-41-44-47-50-56(58)61-54-55(62-57(59)51-48-45-42-39-35-21-18-15-12-9-6-3)53-60-52-49-46-43-40-37-34-32-27-25-23-20-17-14-11-8-5-2/h15-16,18-19,24,26,29-30,33,36,55H,4-14,17,20-23,25,27-28,31-32,34-35,37-54H2,1-3H3/b18-15-,19-16-,26-24-,30-29-,36-33-/t55-/m1/s1. The summed E-state index contributed by atoms with van der Waals surface area (Å²) in [6.07, 6.45) is 66.6. The molecule has 5 heteroatoms. The van der Waals surface area contributed by atoms with Crippen molar-refractivity contribution in [1.82, 2.24) is 0 Å².